The highest BCUT2D eigenvalue weighted by molar-refractivity contribution is 7.90. The van der Waals surface area contributed by atoms with E-state index in [1.807, 2.05) is 30.3 Å². The summed E-state index contributed by atoms with van der Waals surface area (Å²) in [5, 5.41) is 3.18. The van der Waals surface area contributed by atoms with Crippen molar-refractivity contribution in [2.45, 2.75) is 76.4 Å². The van der Waals surface area contributed by atoms with Gasteiger partial charge in [0.25, 0.3) is 11.8 Å². The van der Waals surface area contributed by atoms with E-state index in [1.54, 1.807) is 18.2 Å². The fourth-order valence-electron chi connectivity index (χ4n) is 5.67. The van der Waals surface area contributed by atoms with E-state index in [2.05, 4.69) is 16.8 Å². The highest BCUT2D eigenvalue weighted by atomic mass is 32.2. The fraction of sp³-hybridized carbons (Fsp3) is 0.364. The van der Waals surface area contributed by atoms with E-state index in [-0.39, 0.29) is 23.1 Å². The molecule has 0 aliphatic heterocycles. The average molecular weight is 641 g/mol. The van der Waals surface area contributed by atoms with Crippen LogP contribution in [0.25, 0.3) is 22.2 Å². The van der Waals surface area contributed by atoms with Crippen LogP contribution >= 0.6 is 0 Å². The molecular formula is C33H35F3N4O4S. The number of aromatic nitrogens is 2. The van der Waals surface area contributed by atoms with Crippen molar-refractivity contribution in [3.63, 3.8) is 0 Å². The van der Waals surface area contributed by atoms with Gasteiger partial charge < -0.3 is 9.88 Å². The van der Waals surface area contributed by atoms with Gasteiger partial charge in [-0.1, -0.05) is 75.1 Å². The van der Waals surface area contributed by atoms with Crippen LogP contribution in [0, 0.1) is 0 Å². The first-order valence-corrected chi connectivity index (χ1v) is 16.6. The highest BCUT2D eigenvalue weighted by Gasteiger charge is 2.47. The number of carbonyl (C=O) groups excluding carboxylic acids is 2. The summed E-state index contributed by atoms with van der Waals surface area (Å²) in [6.07, 6.45) is 8.12. The number of nitrogens with zero attached hydrogens (tertiary/aromatic N) is 2. The molecule has 12 heteroatoms. The van der Waals surface area contributed by atoms with Crippen molar-refractivity contribution in [2.75, 3.05) is 0 Å². The molecule has 5 rings (SSSR count). The Bertz CT molecular complexity index is 1790. The van der Waals surface area contributed by atoms with Gasteiger partial charge in [-0.15, -0.1) is 0 Å². The van der Waals surface area contributed by atoms with E-state index in [0.717, 1.165) is 72.1 Å². The maximum Gasteiger partial charge on any atom is 0.516 e. The lowest BCUT2D eigenvalue weighted by Gasteiger charge is -2.22. The summed E-state index contributed by atoms with van der Waals surface area (Å²) in [6, 6.07) is 18.8. The zero-order valence-electron chi connectivity index (χ0n) is 24.9. The largest absolute Gasteiger partial charge is 0.516 e. The van der Waals surface area contributed by atoms with Crippen LogP contribution in [0.5, 0.6) is 0 Å². The number of rotatable bonds is 10. The van der Waals surface area contributed by atoms with Gasteiger partial charge in [0.1, 0.15) is 5.82 Å². The Morgan fingerprint density at radius 2 is 1.67 bits per heavy atom. The van der Waals surface area contributed by atoms with Crippen molar-refractivity contribution in [1.82, 2.24) is 19.6 Å². The molecule has 3 aromatic carbocycles. The number of fused-ring (bicyclic) bond motifs is 1. The maximum absolute atomic E-state index is 13.1. The molecule has 0 radical (unpaired) electrons. The molecule has 1 heterocycles. The topological polar surface area (TPSA) is 110 Å². The first-order valence-electron chi connectivity index (χ1n) is 15.1. The van der Waals surface area contributed by atoms with Gasteiger partial charge in [0, 0.05) is 30.1 Å². The molecule has 2 amide bonds. The van der Waals surface area contributed by atoms with Gasteiger partial charge in [0.2, 0.25) is 0 Å². The SMILES string of the molecule is CCCCc1nc2ccc(C(=O)NC3CCCCC3)cc2n1Cc1ccc(-c2ccccc2C(=O)NS(=O)(=O)C(F)(F)F)cc1. The maximum atomic E-state index is 13.1. The van der Waals surface area contributed by atoms with Crippen molar-refractivity contribution in [1.29, 1.82) is 0 Å². The van der Waals surface area contributed by atoms with Crippen molar-refractivity contribution in [3.05, 3.63) is 89.2 Å². The molecule has 0 spiro atoms. The second-order valence-corrected chi connectivity index (χ2v) is 13.0. The van der Waals surface area contributed by atoms with Crippen molar-refractivity contribution < 1.29 is 31.2 Å². The fourth-order valence-corrected chi connectivity index (χ4v) is 6.14. The van der Waals surface area contributed by atoms with Crippen LogP contribution < -0.4 is 10.0 Å². The number of hydrogen-bond acceptors (Lipinski definition) is 5. The lowest BCUT2D eigenvalue weighted by molar-refractivity contribution is -0.0446. The molecular weight excluding hydrogens is 605 g/mol. The molecule has 0 bridgehead atoms. The normalized spacial score (nSPS) is 14.4. The van der Waals surface area contributed by atoms with Gasteiger partial charge >= 0.3 is 15.5 Å². The minimum Gasteiger partial charge on any atom is -0.349 e. The number of sulfonamides is 1. The van der Waals surface area contributed by atoms with Crippen LogP contribution in [0.15, 0.2) is 66.7 Å². The smallest absolute Gasteiger partial charge is 0.349 e. The Kier molecular flexibility index (Phi) is 9.62. The minimum absolute atomic E-state index is 0.0956. The molecule has 1 saturated carbocycles. The Morgan fingerprint density at radius 1 is 0.956 bits per heavy atom. The molecule has 2 N–H and O–H groups in total. The molecule has 0 unspecified atom stereocenters. The third-order valence-corrected chi connectivity index (χ3v) is 9.16. The zero-order chi connectivity index (χ0) is 32.2. The zero-order valence-corrected chi connectivity index (χ0v) is 25.7. The molecule has 45 heavy (non-hydrogen) atoms. The number of aryl methyl sites for hydroxylation is 1. The lowest BCUT2D eigenvalue weighted by atomic mass is 9.95. The number of carbonyl (C=O) groups is 2. The summed E-state index contributed by atoms with van der Waals surface area (Å²) in [6.45, 7) is 2.56. The van der Waals surface area contributed by atoms with Gasteiger partial charge in [-0.2, -0.15) is 21.6 Å². The van der Waals surface area contributed by atoms with Crippen LogP contribution in [0.1, 0.15) is 84.0 Å². The predicted octanol–water partition coefficient (Wildman–Crippen LogP) is 6.74. The molecule has 1 aromatic heterocycles. The number of hydrogen-bond donors (Lipinski definition) is 2. The number of nitrogens with one attached hydrogen (secondary N) is 2. The molecule has 1 aliphatic carbocycles. The number of halogens is 3. The molecule has 1 fully saturated rings. The number of amides is 2. The third-order valence-electron chi connectivity index (χ3n) is 8.09. The van der Waals surface area contributed by atoms with Crippen molar-refractivity contribution in [3.8, 4) is 11.1 Å². The van der Waals surface area contributed by atoms with Gasteiger partial charge in [0.15, 0.2) is 0 Å². The van der Waals surface area contributed by atoms with Gasteiger partial charge in [-0.25, -0.2) is 9.71 Å². The molecule has 4 aromatic rings. The average Bonchev–Trinajstić information content (AvgIpc) is 3.36. The highest BCUT2D eigenvalue weighted by Crippen LogP contribution is 2.28. The summed E-state index contributed by atoms with van der Waals surface area (Å²) >= 11 is 0. The molecule has 0 saturated heterocycles. The van der Waals surface area contributed by atoms with E-state index in [4.69, 9.17) is 4.98 Å². The van der Waals surface area contributed by atoms with Crippen LogP contribution in [0.3, 0.4) is 0 Å². The summed E-state index contributed by atoms with van der Waals surface area (Å²) in [4.78, 5) is 30.6. The number of benzene rings is 3. The first-order chi connectivity index (χ1) is 21.5. The molecule has 1 aliphatic rings. The van der Waals surface area contributed by atoms with Crippen LogP contribution in [-0.4, -0.2) is 41.3 Å². The predicted molar refractivity (Wildman–Crippen MR) is 166 cm³/mol. The van der Waals surface area contributed by atoms with Gasteiger partial charge in [0.05, 0.1) is 11.0 Å². The third kappa shape index (κ3) is 7.38. The van der Waals surface area contributed by atoms with Crippen LogP contribution in [0.2, 0.25) is 0 Å². The molecule has 8 nitrogen and oxygen atoms in total. The molecule has 238 valence electrons. The van der Waals surface area contributed by atoms with E-state index < -0.39 is 21.4 Å². The summed E-state index contributed by atoms with van der Waals surface area (Å²) in [7, 11) is -5.86. The van der Waals surface area contributed by atoms with Crippen molar-refractivity contribution in [2.24, 2.45) is 0 Å². The standard InChI is InChI=1S/C33H35F3N4O4S/c1-2-3-13-30-38-28-19-18-24(31(41)37-25-9-5-4-6-10-25)20-29(28)40(30)21-22-14-16-23(17-15-22)26-11-7-8-12-27(26)32(42)39-45(43,44)33(34,35)36/h7-8,11-12,14-20,25H,2-6,9-10,13,21H2,1H3,(H,37,41)(H,39,42). The van der Waals surface area contributed by atoms with Crippen LogP contribution in [0.4, 0.5) is 13.2 Å². The van der Waals surface area contributed by atoms with E-state index in [0.29, 0.717) is 17.7 Å². The van der Waals surface area contributed by atoms with Gasteiger partial charge in [-0.3, -0.25) is 9.59 Å². The summed E-state index contributed by atoms with van der Waals surface area (Å²) in [5.74, 6) is -0.573. The Balaban J connectivity index is 1.41. The molecule has 0 atom stereocenters. The number of alkyl halides is 3. The number of unbranched alkanes of at least 4 members (excludes halogenated alkanes) is 1. The van der Waals surface area contributed by atoms with Gasteiger partial charge in [-0.05, 0) is 60.2 Å². The lowest BCUT2D eigenvalue weighted by Crippen LogP contribution is -2.40. The van der Waals surface area contributed by atoms with Crippen LogP contribution in [-0.2, 0) is 23.0 Å². The Labute approximate surface area is 260 Å². The second kappa shape index (κ2) is 13.4. The van der Waals surface area contributed by atoms with E-state index in [9.17, 15) is 31.2 Å². The minimum atomic E-state index is -5.86. The summed E-state index contributed by atoms with van der Waals surface area (Å²) in [5.41, 5.74) is -1.91. The quantitative estimate of drug-likeness (QED) is 0.200. The van der Waals surface area contributed by atoms with Crippen molar-refractivity contribution >= 4 is 32.9 Å². The first kappa shape index (κ1) is 32.2. The van der Waals surface area contributed by atoms with E-state index in [1.165, 1.54) is 24.6 Å². The Morgan fingerprint density at radius 3 is 2.36 bits per heavy atom. The second-order valence-electron chi connectivity index (χ2n) is 11.4. The Hall–Kier alpha value is -4.19. The monoisotopic (exact) mass is 640 g/mol. The number of imidazole rings is 1. The van der Waals surface area contributed by atoms with E-state index >= 15 is 0 Å². The summed E-state index contributed by atoms with van der Waals surface area (Å²) < 4.78 is 64.8.